The van der Waals surface area contributed by atoms with Gasteiger partial charge in [-0.15, -0.1) is 0 Å². The van der Waals surface area contributed by atoms with E-state index in [0.29, 0.717) is 25.9 Å². The molecule has 0 aromatic heterocycles. The number of carbonyl (C=O) groups is 2. The number of hydrogen-bond donors (Lipinski definition) is 1. The quantitative estimate of drug-likeness (QED) is 0.628. The van der Waals surface area contributed by atoms with E-state index in [2.05, 4.69) is 5.32 Å². The normalized spacial score (nSPS) is 14.6. The molecule has 1 aliphatic rings. The van der Waals surface area contributed by atoms with Crippen LogP contribution in [0, 0.1) is 5.92 Å². The third-order valence-corrected chi connectivity index (χ3v) is 5.67. The monoisotopic (exact) mass is 416 g/mol. The summed E-state index contributed by atoms with van der Waals surface area (Å²) < 4.78 is 5.64. The number of carbonyl (C=O) groups excluding carboxylic acids is 2. The third kappa shape index (κ3) is 4.88. The summed E-state index contributed by atoms with van der Waals surface area (Å²) in [6.45, 7) is 5.13. The standard InChI is InChI=1S/C26H28N2O3/c1-18(2)31-22-12-10-21(11-13-22)27-25(29)20-14-16-28(17-15-20)26(30)24-9-5-7-19-6-3-4-8-23(19)24/h3-13,18,20H,14-17H2,1-2H3,(H,27,29). The second kappa shape index (κ2) is 9.21. The molecule has 1 N–H and O–H groups in total. The molecule has 160 valence electrons. The van der Waals surface area contributed by atoms with Crippen molar-refractivity contribution in [3.63, 3.8) is 0 Å². The Morgan fingerprint density at radius 2 is 1.61 bits per heavy atom. The topological polar surface area (TPSA) is 58.6 Å². The Morgan fingerprint density at radius 3 is 2.32 bits per heavy atom. The predicted molar refractivity (Wildman–Crippen MR) is 123 cm³/mol. The number of fused-ring (bicyclic) bond motifs is 1. The molecule has 0 bridgehead atoms. The fraction of sp³-hybridized carbons (Fsp3) is 0.308. The van der Waals surface area contributed by atoms with Crippen LogP contribution in [0.4, 0.5) is 5.69 Å². The van der Waals surface area contributed by atoms with E-state index in [9.17, 15) is 9.59 Å². The average Bonchev–Trinajstić information content (AvgIpc) is 2.79. The van der Waals surface area contributed by atoms with Gasteiger partial charge in [0.1, 0.15) is 5.75 Å². The lowest BCUT2D eigenvalue weighted by Crippen LogP contribution is -2.41. The van der Waals surface area contributed by atoms with Crippen molar-refractivity contribution >= 4 is 28.3 Å². The largest absolute Gasteiger partial charge is 0.491 e. The number of nitrogens with zero attached hydrogens (tertiary/aromatic N) is 1. The summed E-state index contributed by atoms with van der Waals surface area (Å²) in [7, 11) is 0. The van der Waals surface area contributed by atoms with Gasteiger partial charge in [-0.2, -0.15) is 0 Å². The lowest BCUT2D eigenvalue weighted by Gasteiger charge is -2.31. The minimum absolute atomic E-state index is 0.00906. The van der Waals surface area contributed by atoms with Crippen LogP contribution < -0.4 is 10.1 Å². The number of anilines is 1. The van der Waals surface area contributed by atoms with Gasteiger partial charge in [-0.25, -0.2) is 0 Å². The highest BCUT2D eigenvalue weighted by Gasteiger charge is 2.28. The second-order valence-corrected chi connectivity index (χ2v) is 8.27. The van der Waals surface area contributed by atoms with E-state index in [-0.39, 0.29) is 23.8 Å². The van der Waals surface area contributed by atoms with Gasteiger partial charge in [0.05, 0.1) is 6.10 Å². The summed E-state index contributed by atoms with van der Waals surface area (Å²) in [4.78, 5) is 27.7. The molecule has 5 nitrogen and oxygen atoms in total. The number of likely N-dealkylation sites (tertiary alicyclic amines) is 1. The van der Waals surface area contributed by atoms with Crippen LogP contribution in [0.15, 0.2) is 66.7 Å². The van der Waals surface area contributed by atoms with Gasteiger partial charge in [0.15, 0.2) is 0 Å². The van der Waals surface area contributed by atoms with Gasteiger partial charge in [-0.1, -0.05) is 36.4 Å². The van der Waals surface area contributed by atoms with Crippen LogP contribution in [-0.4, -0.2) is 35.9 Å². The first kappa shape index (κ1) is 20.9. The summed E-state index contributed by atoms with van der Waals surface area (Å²) in [5, 5.41) is 5.03. The molecule has 3 aromatic rings. The number of piperidine rings is 1. The van der Waals surface area contributed by atoms with E-state index in [1.165, 1.54) is 0 Å². The third-order valence-electron chi connectivity index (χ3n) is 5.67. The molecular weight excluding hydrogens is 388 g/mol. The maximum atomic E-state index is 13.1. The lowest BCUT2D eigenvalue weighted by molar-refractivity contribution is -0.121. The molecule has 1 heterocycles. The molecule has 4 rings (SSSR count). The van der Waals surface area contributed by atoms with Gasteiger partial charge in [-0.05, 0) is 67.8 Å². The van der Waals surface area contributed by atoms with Crippen molar-refractivity contribution in [1.29, 1.82) is 0 Å². The predicted octanol–water partition coefficient (Wildman–Crippen LogP) is 5.12. The first-order valence-corrected chi connectivity index (χ1v) is 10.9. The lowest BCUT2D eigenvalue weighted by atomic mass is 9.94. The molecule has 31 heavy (non-hydrogen) atoms. The number of benzene rings is 3. The SMILES string of the molecule is CC(C)Oc1ccc(NC(=O)C2CCN(C(=O)c3cccc4ccccc34)CC2)cc1. The maximum Gasteiger partial charge on any atom is 0.254 e. The van der Waals surface area contributed by atoms with Gasteiger partial charge in [0.2, 0.25) is 5.91 Å². The molecule has 1 aliphatic heterocycles. The molecule has 0 saturated carbocycles. The van der Waals surface area contributed by atoms with Crippen LogP contribution >= 0.6 is 0 Å². The second-order valence-electron chi connectivity index (χ2n) is 8.27. The van der Waals surface area contributed by atoms with Crippen LogP contribution in [0.5, 0.6) is 5.75 Å². The number of hydrogen-bond acceptors (Lipinski definition) is 3. The van der Waals surface area contributed by atoms with Crippen molar-refractivity contribution in [3.05, 3.63) is 72.3 Å². The Morgan fingerprint density at radius 1 is 0.935 bits per heavy atom. The molecule has 0 atom stereocenters. The summed E-state index contributed by atoms with van der Waals surface area (Å²) in [5.41, 5.74) is 1.49. The minimum Gasteiger partial charge on any atom is -0.491 e. The Hall–Kier alpha value is -3.34. The number of amides is 2. The van der Waals surface area contributed by atoms with Gasteiger partial charge < -0.3 is 15.0 Å². The van der Waals surface area contributed by atoms with E-state index in [0.717, 1.165) is 27.8 Å². The van der Waals surface area contributed by atoms with Crippen LogP contribution in [-0.2, 0) is 4.79 Å². The van der Waals surface area contributed by atoms with Crippen molar-refractivity contribution < 1.29 is 14.3 Å². The highest BCUT2D eigenvalue weighted by Crippen LogP contribution is 2.25. The van der Waals surface area contributed by atoms with Gasteiger partial charge in [0, 0.05) is 30.3 Å². The van der Waals surface area contributed by atoms with Crippen molar-refractivity contribution in [2.24, 2.45) is 5.92 Å². The molecule has 3 aromatic carbocycles. The smallest absolute Gasteiger partial charge is 0.254 e. The Balaban J connectivity index is 1.35. The van der Waals surface area contributed by atoms with E-state index in [1.807, 2.05) is 85.5 Å². The molecule has 2 amide bonds. The first-order chi connectivity index (χ1) is 15.0. The van der Waals surface area contributed by atoms with Crippen LogP contribution in [0.2, 0.25) is 0 Å². The number of ether oxygens (including phenoxy) is 1. The van der Waals surface area contributed by atoms with E-state index in [4.69, 9.17) is 4.74 Å². The molecular formula is C26H28N2O3. The zero-order valence-corrected chi connectivity index (χ0v) is 18.0. The molecule has 5 heteroatoms. The van der Waals surface area contributed by atoms with Gasteiger partial charge in [0.25, 0.3) is 5.91 Å². The Labute approximate surface area is 183 Å². The van der Waals surface area contributed by atoms with Gasteiger partial charge in [-0.3, -0.25) is 9.59 Å². The highest BCUT2D eigenvalue weighted by molar-refractivity contribution is 6.07. The fourth-order valence-corrected chi connectivity index (χ4v) is 4.06. The minimum atomic E-state index is -0.0943. The molecule has 0 spiro atoms. The van der Waals surface area contributed by atoms with E-state index >= 15 is 0 Å². The Kier molecular flexibility index (Phi) is 6.21. The van der Waals surface area contributed by atoms with Crippen LogP contribution in [0.25, 0.3) is 10.8 Å². The first-order valence-electron chi connectivity index (χ1n) is 10.9. The van der Waals surface area contributed by atoms with Crippen molar-refractivity contribution in [1.82, 2.24) is 4.90 Å². The molecule has 1 saturated heterocycles. The zero-order chi connectivity index (χ0) is 21.8. The van der Waals surface area contributed by atoms with Gasteiger partial charge >= 0.3 is 0 Å². The van der Waals surface area contributed by atoms with Crippen molar-refractivity contribution in [2.75, 3.05) is 18.4 Å². The van der Waals surface area contributed by atoms with Crippen molar-refractivity contribution in [3.8, 4) is 5.75 Å². The number of nitrogens with one attached hydrogen (secondary N) is 1. The highest BCUT2D eigenvalue weighted by atomic mass is 16.5. The van der Waals surface area contributed by atoms with E-state index in [1.54, 1.807) is 0 Å². The van der Waals surface area contributed by atoms with Crippen molar-refractivity contribution in [2.45, 2.75) is 32.8 Å². The average molecular weight is 417 g/mol. The molecule has 1 fully saturated rings. The maximum absolute atomic E-state index is 13.1. The van der Waals surface area contributed by atoms with E-state index < -0.39 is 0 Å². The molecule has 0 aliphatic carbocycles. The number of rotatable bonds is 5. The summed E-state index contributed by atoms with van der Waals surface area (Å²) in [6.07, 6.45) is 1.44. The van der Waals surface area contributed by atoms with Crippen LogP contribution in [0.1, 0.15) is 37.0 Å². The summed E-state index contributed by atoms with van der Waals surface area (Å²) in [5.74, 6) is 0.739. The van der Waals surface area contributed by atoms with Crippen LogP contribution in [0.3, 0.4) is 0 Å². The summed E-state index contributed by atoms with van der Waals surface area (Å²) in [6, 6.07) is 21.2. The summed E-state index contributed by atoms with van der Waals surface area (Å²) >= 11 is 0. The zero-order valence-electron chi connectivity index (χ0n) is 18.0. The molecule has 0 radical (unpaired) electrons. The Bertz CT molecular complexity index is 1060. The molecule has 0 unspecified atom stereocenters. The fourth-order valence-electron chi connectivity index (χ4n) is 4.06.